The first kappa shape index (κ1) is 8.72. The second kappa shape index (κ2) is 3.35. The molecule has 64 valence electrons. The summed E-state index contributed by atoms with van der Waals surface area (Å²) < 4.78 is 0. The lowest BCUT2D eigenvalue weighted by molar-refractivity contribution is 0.340. The Balaban J connectivity index is 2.57. The van der Waals surface area contributed by atoms with Crippen molar-refractivity contribution in [1.29, 1.82) is 0 Å². The van der Waals surface area contributed by atoms with Gasteiger partial charge in [0.05, 0.1) is 5.54 Å². The van der Waals surface area contributed by atoms with Gasteiger partial charge in [-0.05, 0) is 46.7 Å². The zero-order valence-electron chi connectivity index (χ0n) is 7.78. The van der Waals surface area contributed by atoms with Crippen molar-refractivity contribution in [3.63, 3.8) is 0 Å². The Kier molecular flexibility index (Phi) is 2.66. The summed E-state index contributed by atoms with van der Waals surface area (Å²) in [6, 6.07) is 0. The largest absolute Gasteiger partial charge is 0.317 e. The Hall–Kier alpha value is -0.370. The predicted octanol–water partition coefficient (Wildman–Crippen LogP) is 1.61. The molecule has 11 heavy (non-hydrogen) atoms. The Bertz CT molecular complexity index is 151. The van der Waals surface area contributed by atoms with E-state index in [0.29, 0.717) is 0 Å². The van der Waals surface area contributed by atoms with Crippen LogP contribution in [0, 0.1) is 0 Å². The van der Waals surface area contributed by atoms with E-state index in [2.05, 4.69) is 31.1 Å². The summed E-state index contributed by atoms with van der Waals surface area (Å²) in [7, 11) is 0. The molecule has 2 heteroatoms. The number of rotatable bonds is 1. The first-order valence-corrected chi connectivity index (χ1v) is 4.36. The molecule has 1 aliphatic rings. The topological polar surface area (TPSA) is 24.4 Å². The number of nitrogens with one attached hydrogen (secondary N) is 1. The summed E-state index contributed by atoms with van der Waals surface area (Å²) >= 11 is 0. The normalized spacial score (nSPS) is 22.8. The lowest BCUT2D eigenvalue weighted by Gasteiger charge is -2.30. The van der Waals surface area contributed by atoms with Crippen molar-refractivity contribution in [1.82, 2.24) is 5.32 Å². The molecule has 1 aliphatic heterocycles. The molecule has 0 aromatic carbocycles. The average molecular weight is 154 g/mol. The average Bonchev–Trinajstić information content (AvgIpc) is 1.85. The molecular weight excluding hydrogens is 136 g/mol. The molecule has 0 bridgehead atoms. The third-order valence-electron chi connectivity index (χ3n) is 2.17. The molecule has 0 aliphatic carbocycles. The van der Waals surface area contributed by atoms with Gasteiger partial charge in [0.1, 0.15) is 0 Å². The van der Waals surface area contributed by atoms with E-state index in [0.717, 1.165) is 13.1 Å². The molecule has 0 unspecified atom stereocenters. The molecule has 2 nitrogen and oxygen atoms in total. The van der Waals surface area contributed by atoms with E-state index in [1.807, 2.05) is 0 Å². The molecule has 1 heterocycles. The van der Waals surface area contributed by atoms with E-state index >= 15 is 0 Å². The number of nitrogens with zero attached hydrogens (tertiary/aromatic N) is 1. The highest BCUT2D eigenvalue weighted by atomic mass is 14.9. The number of piperidine rings is 1. The van der Waals surface area contributed by atoms with Gasteiger partial charge in [-0.1, -0.05) is 0 Å². The van der Waals surface area contributed by atoms with E-state index in [1.165, 1.54) is 18.6 Å². The molecule has 0 amide bonds. The summed E-state index contributed by atoms with van der Waals surface area (Å²) in [6.07, 6.45) is 2.36. The van der Waals surface area contributed by atoms with E-state index in [-0.39, 0.29) is 5.54 Å². The zero-order chi connectivity index (χ0) is 8.32. The maximum absolute atomic E-state index is 4.65. The van der Waals surface area contributed by atoms with Crippen LogP contribution in [0.25, 0.3) is 0 Å². The van der Waals surface area contributed by atoms with Crippen LogP contribution in [-0.4, -0.2) is 24.3 Å². The van der Waals surface area contributed by atoms with Crippen LogP contribution in [-0.2, 0) is 0 Å². The Morgan fingerprint density at radius 3 is 2.27 bits per heavy atom. The Labute approximate surface area is 69.1 Å². The molecule has 1 N–H and O–H groups in total. The fraction of sp³-hybridized carbons (Fsp3) is 0.889. The second-order valence-corrected chi connectivity index (χ2v) is 3.81. The molecule has 0 radical (unpaired) electrons. The number of aliphatic imine (C=N–C) groups is 1. The third kappa shape index (κ3) is 2.62. The van der Waals surface area contributed by atoms with Crippen LogP contribution in [0.3, 0.4) is 0 Å². The summed E-state index contributed by atoms with van der Waals surface area (Å²) in [5.74, 6) is 0. The molecule has 0 aromatic heterocycles. The van der Waals surface area contributed by atoms with E-state index in [9.17, 15) is 0 Å². The van der Waals surface area contributed by atoms with Gasteiger partial charge in [0.15, 0.2) is 0 Å². The van der Waals surface area contributed by atoms with Gasteiger partial charge in [0.25, 0.3) is 0 Å². The maximum Gasteiger partial charge on any atom is 0.0603 e. The van der Waals surface area contributed by atoms with Crippen molar-refractivity contribution < 1.29 is 0 Å². The van der Waals surface area contributed by atoms with Crippen molar-refractivity contribution in [3.8, 4) is 0 Å². The molecule has 0 atom stereocenters. The van der Waals surface area contributed by atoms with E-state index in [1.54, 1.807) is 0 Å². The summed E-state index contributed by atoms with van der Waals surface area (Å²) in [5.41, 5.74) is 1.43. The Morgan fingerprint density at radius 1 is 1.27 bits per heavy atom. The van der Waals surface area contributed by atoms with Gasteiger partial charge >= 0.3 is 0 Å². The van der Waals surface area contributed by atoms with Crippen LogP contribution in [0.2, 0.25) is 0 Å². The molecule has 1 rings (SSSR count). The minimum absolute atomic E-state index is 0.226. The Morgan fingerprint density at radius 2 is 1.82 bits per heavy atom. The molecule has 0 aromatic rings. The highest BCUT2D eigenvalue weighted by Crippen LogP contribution is 2.22. The molecule has 1 fully saturated rings. The van der Waals surface area contributed by atoms with Gasteiger partial charge in [-0.3, -0.25) is 4.99 Å². The van der Waals surface area contributed by atoms with Gasteiger partial charge < -0.3 is 5.32 Å². The molecule has 1 saturated heterocycles. The maximum atomic E-state index is 4.65. The predicted molar refractivity (Wildman–Crippen MR) is 49.3 cm³/mol. The second-order valence-electron chi connectivity index (χ2n) is 3.81. The van der Waals surface area contributed by atoms with Crippen molar-refractivity contribution in [3.05, 3.63) is 0 Å². The van der Waals surface area contributed by atoms with Crippen molar-refractivity contribution in [2.45, 2.75) is 39.2 Å². The third-order valence-corrected chi connectivity index (χ3v) is 2.17. The summed E-state index contributed by atoms with van der Waals surface area (Å²) in [5, 5.41) is 3.34. The fourth-order valence-electron chi connectivity index (χ4n) is 1.62. The fourth-order valence-corrected chi connectivity index (χ4v) is 1.62. The quantitative estimate of drug-likeness (QED) is 0.570. The van der Waals surface area contributed by atoms with Crippen LogP contribution in [0.15, 0.2) is 4.99 Å². The van der Waals surface area contributed by atoms with Crippen molar-refractivity contribution >= 4 is 5.71 Å². The van der Waals surface area contributed by atoms with Crippen molar-refractivity contribution in [2.24, 2.45) is 4.99 Å². The highest BCUT2D eigenvalue weighted by Gasteiger charge is 2.24. The van der Waals surface area contributed by atoms with Gasteiger partial charge in [-0.15, -0.1) is 0 Å². The standard InChI is InChI=1S/C9H18N2/c1-8(2)11-9(3)4-6-10-7-5-9/h10H,4-7H2,1-3H3. The lowest BCUT2D eigenvalue weighted by atomic mass is 9.91. The van der Waals surface area contributed by atoms with Crippen LogP contribution in [0.4, 0.5) is 0 Å². The van der Waals surface area contributed by atoms with Gasteiger partial charge in [0.2, 0.25) is 0 Å². The molecular formula is C9H18N2. The minimum Gasteiger partial charge on any atom is -0.317 e. The smallest absolute Gasteiger partial charge is 0.0603 e. The monoisotopic (exact) mass is 154 g/mol. The molecule has 0 spiro atoms. The van der Waals surface area contributed by atoms with Crippen LogP contribution in [0.1, 0.15) is 33.6 Å². The first-order chi connectivity index (χ1) is 5.12. The number of hydrogen-bond acceptors (Lipinski definition) is 2. The minimum atomic E-state index is 0.226. The van der Waals surface area contributed by atoms with Crippen LogP contribution >= 0.6 is 0 Å². The van der Waals surface area contributed by atoms with Crippen LogP contribution in [0.5, 0.6) is 0 Å². The van der Waals surface area contributed by atoms with Crippen molar-refractivity contribution in [2.75, 3.05) is 13.1 Å². The number of hydrogen-bond donors (Lipinski definition) is 1. The summed E-state index contributed by atoms with van der Waals surface area (Å²) in [6.45, 7) is 8.64. The summed E-state index contributed by atoms with van der Waals surface area (Å²) in [4.78, 5) is 4.65. The SMILES string of the molecule is CC(C)=NC1(C)CCNCC1. The lowest BCUT2D eigenvalue weighted by Crippen LogP contribution is -2.38. The van der Waals surface area contributed by atoms with E-state index in [4.69, 9.17) is 0 Å². The van der Waals surface area contributed by atoms with Gasteiger partial charge in [-0.25, -0.2) is 0 Å². The highest BCUT2D eigenvalue weighted by molar-refractivity contribution is 5.79. The van der Waals surface area contributed by atoms with E-state index < -0.39 is 0 Å². The molecule has 0 saturated carbocycles. The first-order valence-electron chi connectivity index (χ1n) is 4.36. The van der Waals surface area contributed by atoms with Gasteiger partial charge in [0, 0.05) is 5.71 Å². The zero-order valence-corrected chi connectivity index (χ0v) is 7.78. The van der Waals surface area contributed by atoms with Crippen LogP contribution < -0.4 is 5.32 Å². The van der Waals surface area contributed by atoms with Gasteiger partial charge in [-0.2, -0.15) is 0 Å².